The molecule has 2 aromatic carbocycles. The van der Waals surface area contributed by atoms with Crippen molar-refractivity contribution < 1.29 is 17.9 Å². The average molecular weight is 571 g/mol. The Kier molecular flexibility index (Phi) is 7.34. The number of sulfonamides is 1. The van der Waals surface area contributed by atoms with Gasteiger partial charge in [-0.3, -0.25) is 4.79 Å². The first-order valence-electron chi connectivity index (χ1n) is 14.6. The van der Waals surface area contributed by atoms with E-state index < -0.39 is 15.9 Å². The zero-order valence-corrected chi connectivity index (χ0v) is 24.3. The van der Waals surface area contributed by atoms with Gasteiger partial charge in [0.05, 0.1) is 18.0 Å². The van der Waals surface area contributed by atoms with Gasteiger partial charge >= 0.3 is 0 Å². The highest BCUT2D eigenvalue weighted by Gasteiger charge is 2.43. The van der Waals surface area contributed by atoms with Crippen LogP contribution < -0.4 is 14.4 Å². The Labute approximate surface area is 237 Å². The summed E-state index contributed by atoms with van der Waals surface area (Å²) < 4.78 is 34.3. The van der Waals surface area contributed by atoms with Crippen LogP contribution in [0.5, 0.6) is 5.75 Å². The van der Waals surface area contributed by atoms with Gasteiger partial charge in [0.1, 0.15) is 5.75 Å². The van der Waals surface area contributed by atoms with Gasteiger partial charge in [-0.15, -0.1) is 0 Å². The summed E-state index contributed by atoms with van der Waals surface area (Å²) in [6, 6.07) is 11.7. The van der Waals surface area contributed by atoms with E-state index in [4.69, 9.17) is 16.3 Å². The lowest BCUT2D eigenvalue weighted by Crippen LogP contribution is -2.48. The number of hydrogen-bond acceptors (Lipinski definition) is 5. The minimum Gasteiger partial charge on any atom is -0.490 e. The van der Waals surface area contributed by atoms with Crippen molar-refractivity contribution in [3.05, 3.63) is 58.1 Å². The van der Waals surface area contributed by atoms with Crippen LogP contribution in [-0.4, -0.2) is 39.8 Å². The summed E-state index contributed by atoms with van der Waals surface area (Å²) in [7, 11) is -3.70. The van der Waals surface area contributed by atoms with Gasteiger partial charge < -0.3 is 9.64 Å². The number of anilines is 1. The number of nitrogens with one attached hydrogen (secondary N) is 1. The maximum Gasteiger partial charge on any atom is 0.264 e. The number of nitrogens with zero attached hydrogens (tertiary/aromatic N) is 1. The van der Waals surface area contributed by atoms with E-state index in [1.165, 1.54) is 30.4 Å². The molecule has 2 aromatic rings. The Morgan fingerprint density at radius 3 is 2.67 bits per heavy atom. The summed E-state index contributed by atoms with van der Waals surface area (Å²) in [5.41, 5.74) is 3.70. The van der Waals surface area contributed by atoms with Crippen molar-refractivity contribution in [2.45, 2.75) is 70.1 Å². The predicted molar refractivity (Wildman–Crippen MR) is 155 cm³/mol. The van der Waals surface area contributed by atoms with Crippen LogP contribution in [0.15, 0.2) is 36.4 Å². The molecule has 4 atom stereocenters. The lowest BCUT2D eigenvalue weighted by Gasteiger charge is -2.45. The largest absolute Gasteiger partial charge is 0.490 e. The molecule has 6 nitrogen and oxygen atoms in total. The number of amides is 1. The van der Waals surface area contributed by atoms with Crippen LogP contribution in [0.4, 0.5) is 5.69 Å². The maximum absolute atomic E-state index is 13.1. The number of ether oxygens (including phenoxy) is 1. The first-order chi connectivity index (χ1) is 18.7. The van der Waals surface area contributed by atoms with Gasteiger partial charge in [0, 0.05) is 29.1 Å². The van der Waals surface area contributed by atoms with Crippen LogP contribution in [0.2, 0.25) is 5.02 Å². The van der Waals surface area contributed by atoms with E-state index >= 15 is 0 Å². The van der Waals surface area contributed by atoms with E-state index in [2.05, 4.69) is 28.7 Å². The Balaban J connectivity index is 1.39. The van der Waals surface area contributed by atoms with Crippen LogP contribution in [0, 0.1) is 17.8 Å². The third-order valence-electron chi connectivity index (χ3n) is 9.72. The molecule has 4 aliphatic rings. The van der Waals surface area contributed by atoms with E-state index in [1.807, 2.05) is 18.2 Å². The molecule has 1 saturated carbocycles. The molecule has 6 rings (SSSR count). The van der Waals surface area contributed by atoms with Crippen LogP contribution in [0.3, 0.4) is 0 Å². The molecule has 8 heteroatoms. The van der Waals surface area contributed by atoms with Gasteiger partial charge in [-0.25, -0.2) is 13.1 Å². The van der Waals surface area contributed by atoms with Crippen molar-refractivity contribution in [3.8, 4) is 5.75 Å². The number of benzene rings is 2. The van der Waals surface area contributed by atoms with E-state index in [0.29, 0.717) is 36.3 Å². The van der Waals surface area contributed by atoms with E-state index in [0.717, 1.165) is 61.7 Å². The van der Waals surface area contributed by atoms with Crippen molar-refractivity contribution in [1.82, 2.24) is 4.72 Å². The molecule has 0 aromatic heterocycles. The number of carbonyl (C=O) groups excluding carboxylic acids is 1. The van der Waals surface area contributed by atoms with Crippen LogP contribution in [0.1, 0.15) is 79.8 Å². The highest BCUT2D eigenvalue weighted by molar-refractivity contribution is 7.90. The monoisotopic (exact) mass is 570 g/mol. The van der Waals surface area contributed by atoms with Crippen LogP contribution >= 0.6 is 11.6 Å². The zero-order chi connectivity index (χ0) is 27.2. The maximum atomic E-state index is 13.1. The summed E-state index contributed by atoms with van der Waals surface area (Å²) in [4.78, 5) is 15.6. The molecule has 1 N–H and O–H groups in total. The van der Waals surface area contributed by atoms with Gasteiger partial charge in [-0.2, -0.15) is 0 Å². The van der Waals surface area contributed by atoms with E-state index in [9.17, 15) is 13.2 Å². The smallest absolute Gasteiger partial charge is 0.264 e. The minimum atomic E-state index is -3.70. The Hall–Kier alpha value is -2.25. The molecule has 2 bridgehead atoms. The first-order valence-corrected chi connectivity index (χ1v) is 16.6. The first kappa shape index (κ1) is 26.9. The summed E-state index contributed by atoms with van der Waals surface area (Å²) in [5.74, 6) is 1.94. The Bertz CT molecular complexity index is 1360. The molecule has 2 heterocycles. The zero-order valence-electron chi connectivity index (χ0n) is 22.8. The molecule has 0 unspecified atom stereocenters. The highest BCUT2D eigenvalue weighted by Crippen LogP contribution is 2.47. The molecule has 2 aliphatic carbocycles. The number of rotatable bonds is 0. The van der Waals surface area contributed by atoms with Crippen molar-refractivity contribution >= 4 is 33.2 Å². The van der Waals surface area contributed by atoms with Gasteiger partial charge in [-0.05, 0) is 111 Å². The normalized spacial score (nSPS) is 30.7. The Morgan fingerprint density at radius 2 is 1.85 bits per heavy atom. The topological polar surface area (TPSA) is 75.7 Å². The second-order valence-corrected chi connectivity index (χ2v) is 14.7. The summed E-state index contributed by atoms with van der Waals surface area (Å²) in [6.45, 7) is 4.51. The number of carbonyl (C=O) groups is 1. The van der Waals surface area contributed by atoms with Gasteiger partial charge in [-0.1, -0.05) is 31.0 Å². The molecule has 1 amide bonds. The van der Waals surface area contributed by atoms with Crippen LogP contribution in [-0.2, 0) is 21.9 Å². The lowest BCUT2D eigenvalue weighted by molar-refractivity contribution is 0.0981. The summed E-state index contributed by atoms with van der Waals surface area (Å²) in [5, 5.41) is 0.769. The molecule has 39 heavy (non-hydrogen) atoms. The lowest BCUT2D eigenvalue weighted by atomic mass is 9.68. The number of fused-ring (bicyclic) bond motifs is 4. The average Bonchev–Trinajstić information content (AvgIpc) is 3.03. The van der Waals surface area contributed by atoms with Crippen LogP contribution in [0.25, 0.3) is 0 Å². The van der Waals surface area contributed by atoms with Crippen molar-refractivity contribution in [2.75, 3.05) is 30.3 Å². The fraction of sp³-hybridized carbons (Fsp3) is 0.581. The molecule has 0 radical (unpaired) electrons. The number of halogens is 1. The highest BCUT2D eigenvalue weighted by atomic mass is 35.5. The van der Waals surface area contributed by atoms with Crippen molar-refractivity contribution in [2.24, 2.45) is 17.8 Å². The fourth-order valence-electron chi connectivity index (χ4n) is 7.31. The fourth-order valence-corrected chi connectivity index (χ4v) is 8.56. The molecule has 1 spiro atoms. The van der Waals surface area contributed by atoms with Gasteiger partial charge in [0.25, 0.3) is 5.91 Å². The predicted octanol–water partition coefficient (Wildman–Crippen LogP) is 6.11. The van der Waals surface area contributed by atoms with Gasteiger partial charge in [0.2, 0.25) is 10.0 Å². The second-order valence-electron chi connectivity index (χ2n) is 12.5. The molecule has 1 fully saturated rings. The van der Waals surface area contributed by atoms with E-state index in [1.54, 1.807) is 6.07 Å². The van der Waals surface area contributed by atoms with E-state index in [-0.39, 0.29) is 11.2 Å². The van der Waals surface area contributed by atoms with Gasteiger partial charge in [0.15, 0.2) is 0 Å². The third-order valence-corrected chi connectivity index (χ3v) is 11.3. The third kappa shape index (κ3) is 5.54. The standard InChI is InChI=1S/C31H39ClN2O4S/c1-21-4-3-15-39(36,37)33-30(35)24-10-13-29-28(17-24)34(18-25-9-8-22(25)7-6-21)19-31(20-38-29)14-2-5-23-16-26(32)11-12-27(23)31/h10-13,16-17,21-22,25H,2-9,14-15,18-20H2,1H3,(H,33,35)/t21-,22+,25-,31-/m0/s1. The number of hydrogen-bond donors (Lipinski definition) is 1. The molecule has 0 saturated heterocycles. The van der Waals surface area contributed by atoms with Crippen molar-refractivity contribution in [1.29, 1.82) is 0 Å². The quantitative estimate of drug-likeness (QED) is 0.414. The molecular weight excluding hydrogens is 532 g/mol. The second kappa shape index (κ2) is 10.6. The SMILES string of the molecule is C[C@H]1CCCS(=O)(=O)NC(=O)c2ccc3c(c2)N(C[C@@H]2CC[C@H]2CC1)C[C@@]1(CCCc2cc(Cl)ccc21)CO3. The summed E-state index contributed by atoms with van der Waals surface area (Å²) >= 11 is 6.39. The number of aryl methyl sites for hydroxylation is 1. The minimum absolute atomic E-state index is 0.0265. The molecule has 210 valence electrons. The summed E-state index contributed by atoms with van der Waals surface area (Å²) in [6.07, 6.45) is 9.36. The van der Waals surface area contributed by atoms with Crippen molar-refractivity contribution in [3.63, 3.8) is 0 Å². The Morgan fingerprint density at radius 1 is 1.03 bits per heavy atom. The molecule has 2 aliphatic heterocycles. The molecular formula is C31H39ClN2O4S.